The van der Waals surface area contributed by atoms with Gasteiger partial charge in [-0.05, 0) is 68.7 Å². The minimum absolute atomic E-state index is 0.00390. The Morgan fingerprint density at radius 3 is 2.52 bits per heavy atom. The molecule has 2 aromatic rings. The van der Waals surface area contributed by atoms with Gasteiger partial charge in [0.15, 0.2) is 5.78 Å². The Morgan fingerprint density at radius 2 is 1.85 bits per heavy atom. The van der Waals surface area contributed by atoms with E-state index in [9.17, 15) is 9.18 Å². The van der Waals surface area contributed by atoms with Gasteiger partial charge in [-0.25, -0.2) is 4.39 Å². The molecule has 0 saturated heterocycles. The van der Waals surface area contributed by atoms with E-state index in [0.717, 1.165) is 17.5 Å². The van der Waals surface area contributed by atoms with Gasteiger partial charge < -0.3 is 9.47 Å². The molecule has 3 nitrogen and oxygen atoms in total. The summed E-state index contributed by atoms with van der Waals surface area (Å²) in [6.45, 7) is 7.52. The lowest BCUT2D eigenvalue weighted by Crippen LogP contribution is -2.41. The number of benzene rings is 2. The average molecular weight is 389 g/mol. The van der Waals surface area contributed by atoms with Crippen LogP contribution in [0.1, 0.15) is 38.8 Å². The number of hydrogen-bond donors (Lipinski definition) is 0. The molecule has 0 aromatic heterocycles. The molecule has 0 radical (unpaired) electrons. The average Bonchev–Trinajstić information content (AvgIpc) is 2.61. The van der Waals surface area contributed by atoms with E-state index in [2.05, 4.69) is 0 Å². The topological polar surface area (TPSA) is 35.5 Å². The van der Waals surface area contributed by atoms with Crippen LogP contribution in [0.15, 0.2) is 42.5 Å². The van der Waals surface area contributed by atoms with Crippen LogP contribution in [-0.4, -0.2) is 17.5 Å². The van der Waals surface area contributed by atoms with Crippen molar-refractivity contribution in [1.82, 2.24) is 0 Å². The smallest absolute Gasteiger partial charge is 0.194 e. The molecule has 0 amide bonds. The van der Waals surface area contributed by atoms with Gasteiger partial charge in [0.25, 0.3) is 0 Å². The number of hydrogen-bond acceptors (Lipinski definition) is 3. The molecule has 1 heterocycles. The second kappa shape index (κ2) is 7.45. The van der Waals surface area contributed by atoms with Crippen LogP contribution in [-0.2, 0) is 16.0 Å². The van der Waals surface area contributed by atoms with Crippen molar-refractivity contribution in [1.29, 1.82) is 0 Å². The number of aryl methyl sites for hydroxylation is 1. The van der Waals surface area contributed by atoms with Gasteiger partial charge in [0.2, 0.25) is 0 Å². The van der Waals surface area contributed by atoms with E-state index in [-0.39, 0.29) is 16.9 Å². The fourth-order valence-corrected chi connectivity index (χ4v) is 3.42. The van der Waals surface area contributed by atoms with Gasteiger partial charge in [0.05, 0.1) is 11.1 Å². The first-order chi connectivity index (χ1) is 12.7. The van der Waals surface area contributed by atoms with Crippen LogP contribution in [0, 0.1) is 5.82 Å². The van der Waals surface area contributed by atoms with Gasteiger partial charge >= 0.3 is 0 Å². The molecule has 27 heavy (non-hydrogen) atoms. The number of carbonyl (C=O) groups excluding carboxylic acids is 1. The van der Waals surface area contributed by atoms with Crippen molar-refractivity contribution in [3.8, 4) is 11.5 Å². The Morgan fingerprint density at radius 1 is 1.19 bits per heavy atom. The molecule has 0 fully saturated rings. The van der Waals surface area contributed by atoms with Crippen molar-refractivity contribution < 1.29 is 18.7 Å². The first-order valence-corrected chi connectivity index (χ1v) is 9.29. The second-order valence-corrected chi connectivity index (χ2v) is 7.50. The zero-order chi connectivity index (χ0) is 19.8. The molecule has 1 aliphatic heterocycles. The summed E-state index contributed by atoms with van der Waals surface area (Å²) in [7, 11) is 0. The van der Waals surface area contributed by atoms with Gasteiger partial charge in [-0.2, -0.15) is 0 Å². The zero-order valence-corrected chi connectivity index (χ0v) is 16.6. The molecule has 0 aliphatic carbocycles. The maximum absolute atomic E-state index is 13.4. The van der Waals surface area contributed by atoms with Gasteiger partial charge in [-0.3, -0.25) is 4.79 Å². The largest absolute Gasteiger partial charge is 0.457 e. The highest BCUT2D eigenvalue weighted by molar-refractivity contribution is 6.30. The monoisotopic (exact) mass is 388 g/mol. The summed E-state index contributed by atoms with van der Waals surface area (Å²) >= 11 is 5.82. The third-order valence-corrected chi connectivity index (χ3v) is 4.84. The van der Waals surface area contributed by atoms with Crippen LogP contribution in [0.5, 0.6) is 11.5 Å². The number of Topliss-reactive ketones (excluding diaryl/α,β-unsaturated/α-hetero) is 1. The molecule has 5 heteroatoms. The SMILES string of the molecule is CCc1ccc(Oc2ccc(F)c(Cl)c2)cc1C1=CC(C)OC(C)(C)C1=O. The molecular weight excluding hydrogens is 367 g/mol. The second-order valence-electron chi connectivity index (χ2n) is 7.09. The summed E-state index contributed by atoms with van der Waals surface area (Å²) in [5, 5.41) is -0.00390. The Balaban J connectivity index is 2.01. The van der Waals surface area contributed by atoms with Crippen molar-refractivity contribution in [2.24, 2.45) is 0 Å². The first kappa shape index (κ1) is 19.6. The fraction of sp³-hybridized carbons (Fsp3) is 0.318. The maximum atomic E-state index is 13.4. The summed E-state index contributed by atoms with van der Waals surface area (Å²) in [5.74, 6) is 0.422. The third kappa shape index (κ3) is 4.07. The molecule has 1 unspecified atom stereocenters. The Hall–Kier alpha value is -2.17. The number of ether oxygens (including phenoxy) is 2. The van der Waals surface area contributed by atoms with Crippen molar-refractivity contribution >= 4 is 23.0 Å². The van der Waals surface area contributed by atoms with Crippen LogP contribution in [0.4, 0.5) is 4.39 Å². The first-order valence-electron chi connectivity index (χ1n) is 8.92. The lowest BCUT2D eigenvalue weighted by atomic mass is 9.85. The fourth-order valence-electron chi connectivity index (χ4n) is 3.25. The molecule has 3 rings (SSSR count). The van der Waals surface area contributed by atoms with Crippen LogP contribution in [0.2, 0.25) is 5.02 Å². The number of carbonyl (C=O) groups is 1. The van der Waals surface area contributed by atoms with E-state index in [1.807, 2.05) is 38.1 Å². The molecule has 1 aliphatic rings. The predicted molar refractivity (Wildman–Crippen MR) is 105 cm³/mol. The normalized spacial score (nSPS) is 19.0. The molecule has 0 saturated carbocycles. The summed E-state index contributed by atoms with van der Waals surface area (Å²) in [4.78, 5) is 12.9. The minimum atomic E-state index is -0.879. The minimum Gasteiger partial charge on any atom is -0.457 e. The highest BCUT2D eigenvalue weighted by Gasteiger charge is 2.37. The Kier molecular flexibility index (Phi) is 5.41. The van der Waals surface area contributed by atoms with Crippen molar-refractivity contribution in [3.63, 3.8) is 0 Å². The van der Waals surface area contributed by atoms with Gasteiger partial charge in [-0.15, -0.1) is 0 Å². The summed E-state index contributed by atoms with van der Waals surface area (Å²) < 4.78 is 24.9. The molecule has 0 bridgehead atoms. The van der Waals surface area contributed by atoms with Crippen molar-refractivity contribution in [2.45, 2.75) is 45.8 Å². The summed E-state index contributed by atoms with van der Waals surface area (Å²) in [6, 6.07) is 9.81. The number of rotatable bonds is 4. The molecule has 0 N–H and O–H groups in total. The molecule has 2 aromatic carbocycles. The van der Waals surface area contributed by atoms with Gasteiger partial charge in [-0.1, -0.05) is 24.6 Å². The number of halogens is 2. The van der Waals surface area contributed by atoms with Gasteiger partial charge in [0.1, 0.15) is 22.9 Å². The number of ketones is 1. The summed E-state index contributed by atoms with van der Waals surface area (Å²) in [6.07, 6.45) is 2.46. The highest BCUT2D eigenvalue weighted by atomic mass is 35.5. The molecule has 142 valence electrons. The standard InChI is InChI=1S/C22H22ClFO3/c1-5-14-6-7-15(26-16-8-9-20(24)19(23)12-16)11-17(14)18-10-13(2)27-22(3,4)21(18)25/h6-13H,5H2,1-4H3. The third-order valence-electron chi connectivity index (χ3n) is 4.55. The highest BCUT2D eigenvalue weighted by Crippen LogP contribution is 2.35. The zero-order valence-electron chi connectivity index (χ0n) is 15.8. The van der Waals surface area contributed by atoms with E-state index in [0.29, 0.717) is 17.1 Å². The van der Waals surface area contributed by atoms with E-state index in [1.165, 1.54) is 18.2 Å². The van der Waals surface area contributed by atoms with E-state index >= 15 is 0 Å². The van der Waals surface area contributed by atoms with E-state index in [1.54, 1.807) is 13.8 Å². The molecule has 1 atom stereocenters. The Labute approximate surface area is 163 Å². The van der Waals surface area contributed by atoms with Crippen LogP contribution in [0.25, 0.3) is 5.57 Å². The van der Waals surface area contributed by atoms with Crippen LogP contribution < -0.4 is 4.74 Å². The van der Waals surface area contributed by atoms with Crippen LogP contribution in [0.3, 0.4) is 0 Å². The van der Waals surface area contributed by atoms with Crippen LogP contribution >= 0.6 is 11.6 Å². The predicted octanol–water partition coefficient (Wildman–Crippen LogP) is 5.98. The Bertz CT molecular complexity index is 918. The lowest BCUT2D eigenvalue weighted by molar-refractivity contribution is -0.139. The van der Waals surface area contributed by atoms with E-state index < -0.39 is 11.4 Å². The maximum Gasteiger partial charge on any atom is 0.194 e. The van der Waals surface area contributed by atoms with Gasteiger partial charge in [0, 0.05) is 11.6 Å². The summed E-state index contributed by atoms with van der Waals surface area (Å²) in [5.41, 5.74) is 1.63. The van der Waals surface area contributed by atoms with Crippen molar-refractivity contribution in [3.05, 3.63) is 64.4 Å². The van der Waals surface area contributed by atoms with E-state index in [4.69, 9.17) is 21.1 Å². The lowest BCUT2D eigenvalue weighted by Gasteiger charge is -2.33. The molecule has 0 spiro atoms. The molecular formula is C22H22ClFO3. The quantitative estimate of drug-likeness (QED) is 0.645. The van der Waals surface area contributed by atoms with Crippen molar-refractivity contribution in [2.75, 3.05) is 0 Å².